The van der Waals surface area contributed by atoms with Gasteiger partial charge in [-0.15, -0.1) is 0 Å². The van der Waals surface area contributed by atoms with Crippen molar-refractivity contribution < 1.29 is 27.5 Å². The first-order valence-electron chi connectivity index (χ1n) is 11.3. The van der Waals surface area contributed by atoms with Crippen LogP contribution in [0.15, 0.2) is 107 Å². The maximum Gasteiger partial charge on any atom is 0.417 e. The Morgan fingerprint density at radius 1 is 0.541 bits per heavy atom. The number of carbonyl (C=O) groups is 2. The summed E-state index contributed by atoms with van der Waals surface area (Å²) in [5.74, 6) is 0.374. The summed E-state index contributed by atoms with van der Waals surface area (Å²) < 4.78 is 36.4. The van der Waals surface area contributed by atoms with Crippen LogP contribution in [0.5, 0.6) is 11.5 Å². The fourth-order valence-electron chi connectivity index (χ4n) is 3.28. The molecule has 0 heterocycles. The van der Waals surface area contributed by atoms with Crippen LogP contribution in [0.4, 0.5) is 21.0 Å². The van der Waals surface area contributed by atoms with Crippen molar-refractivity contribution in [2.45, 2.75) is 23.6 Å². The molecule has 0 fully saturated rings. The molecule has 0 bridgehead atoms. The Bertz CT molecular complexity index is 1390. The van der Waals surface area contributed by atoms with E-state index in [9.17, 15) is 18.0 Å². The lowest BCUT2D eigenvalue weighted by molar-refractivity contribution is 0.214. The molecule has 2 N–H and O–H groups in total. The molecular formula is C28H24N2O6S. The number of carbonyl (C=O) groups excluding carboxylic acids is 2. The average molecular weight is 517 g/mol. The number of amides is 2. The van der Waals surface area contributed by atoms with E-state index in [0.717, 1.165) is 11.1 Å². The third-order valence-corrected chi connectivity index (χ3v) is 7.07. The second kappa shape index (κ2) is 11.0. The number of anilines is 2. The summed E-state index contributed by atoms with van der Waals surface area (Å²) in [6.45, 7) is 3.87. The van der Waals surface area contributed by atoms with Gasteiger partial charge < -0.3 is 9.47 Å². The van der Waals surface area contributed by atoms with E-state index in [0.29, 0.717) is 11.4 Å². The monoisotopic (exact) mass is 516 g/mol. The smallest absolute Gasteiger partial charge is 0.410 e. The Labute approximate surface area is 214 Å². The van der Waals surface area contributed by atoms with Gasteiger partial charge in [0.1, 0.15) is 11.5 Å². The second-order valence-electron chi connectivity index (χ2n) is 8.21. The molecule has 0 saturated heterocycles. The molecule has 0 unspecified atom stereocenters. The molecule has 0 spiro atoms. The van der Waals surface area contributed by atoms with Gasteiger partial charge in [0.05, 0.1) is 9.79 Å². The molecule has 4 rings (SSSR count). The van der Waals surface area contributed by atoms with Crippen molar-refractivity contribution in [1.29, 1.82) is 0 Å². The minimum Gasteiger partial charge on any atom is -0.410 e. The fourth-order valence-corrected chi connectivity index (χ4v) is 4.55. The molecule has 37 heavy (non-hydrogen) atoms. The second-order valence-corrected chi connectivity index (χ2v) is 10.2. The number of ether oxygens (including phenoxy) is 2. The lowest BCUT2D eigenvalue weighted by atomic mass is 10.2. The van der Waals surface area contributed by atoms with Gasteiger partial charge in [-0.1, -0.05) is 35.4 Å². The Morgan fingerprint density at radius 2 is 0.865 bits per heavy atom. The number of sulfone groups is 1. The summed E-state index contributed by atoms with van der Waals surface area (Å²) in [6, 6.07) is 25.4. The molecule has 9 heteroatoms. The van der Waals surface area contributed by atoms with Crippen LogP contribution in [0.3, 0.4) is 0 Å². The number of nitrogens with one attached hydrogen (secondary N) is 2. The summed E-state index contributed by atoms with van der Waals surface area (Å²) in [7, 11) is -3.85. The third-order valence-electron chi connectivity index (χ3n) is 5.29. The highest BCUT2D eigenvalue weighted by Gasteiger charge is 2.18. The quantitative estimate of drug-likeness (QED) is 0.309. The predicted octanol–water partition coefficient (Wildman–Crippen LogP) is 6.36. The molecule has 0 atom stereocenters. The molecule has 0 aliphatic carbocycles. The van der Waals surface area contributed by atoms with Gasteiger partial charge in [-0.2, -0.15) is 0 Å². The van der Waals surface area contributed by atoms with Crippen molar-refractivity contribution in [1.82, 2.24) is 0 Å². The van der Waals surface area contributed by atoms with Gasteiger partial charge in [0.2, 0.25) is 9.84 Å². The van der Waals surface area contributed by atoms with E-state index in [2.05, 4.69) is 10.6 Å². The number of rotatable bonds is 6. The van der Waals surface area contributed by atoms with Gasteiger partial charge in [-0.25, -0.2) is 18.0 Å². The number of benzene rings is 4. The van der Waals surface area contributed by atoms with Crippen molar-refractivity contribution in [3.8, 4) is 11.5 Å². The zero-order valence-corrected chi connectivity index (χ0v) is 20.9. The van der Waals surface area contributed by atoms with Gasteiger partial charge in [-0.05, 0) is 86.6 Å². The fraction of sp³-hybridized carbons (Fsp3) is 0.0714. The zero-order chi connectivity index (χ0) is 26.4. The van der Waals surface area contributed by atoms with Crippen LogP contribution in [0, 0.1) is 13.8 Å². The average Bonchev–Trinajstić information content (AvgIpc) is 2.87. The van der Waals surface area contributed by atoms with Gasteiger partial charge in [0, 0.05) is 11.4 Å². The summed E-state index contributed by atoms with van der Waals surface area (Å²) in [5, 5.41) is 5.21. The van der Waals surface area contributed by atoms with Crippen LogP contribution in [0.25, 0.3) is 0 Å². The largest absolute Gasteiger partial charge is 0.417 e. The minimum atomic E-state index is -3.85. The molecule has 188 valence electrons. The van der Waals surface area contributed by atoms with Crippen LogP contribution in [0.1, 0.15) is 11.1 Å². The van der Waals surface area contributed by atoms with Crippen LogP contribution in [0.2, 0.25) is 0 Å². The first-order chi connectivity index (χ1) is 17.7. The first kappa shape index (κ1) is 25.5. The van der Waals surface area contributed by atoms with Crippen LogP contribution < -0.4 is 20.1 Å². The highest BCUT2D eigenvalue weighted by molar-refractivity contribution is 7.91. The maximum atomic E-state index is 13.0. The molecule has 0 aliphatic heterocycles. The number of hydrogen-bond acceptors (Lipinski definition) is 6. The molecule has 0 aliphatic rings. The van der Waals surface area contributed by atoms with E-state index in [-0.39, 0.29) is 21.3 Å². The van der Waals surface area contributed by atoms with Crippen LogP contribution in [-0.2, 0) is 9.84 Å². The van der Waals surface area contributed by atoms with Crippen molar-refractivity contribution in [3.05, 3.63) is 108 Å². The molecule has 0 aromatic heterocycles. The van der Waals surface area contributed by atoms with Gasteiger partial charge in [0.25, 0.3) is 0 Å². The van der Waals surface area contributed by atoms with Crippen molar-refractivity contribution in [2.24, 2.45) is 0 Å². The summed E-state index contributed by atoms with van der Waals surface area (Å²) in [4.78, 5) is 24.2. The van der Waals surface area contributed by atoms with Crippen molar-refractivity contribution in [3.63, 3.8) is 0 Å². The zero-order valence-electron chi connectivity index (χ0n) is 20.1. The van der Waals surface area contributed by atoms with Crippen LogP contribution >= 0.6 is 0 Å². The predicted molar refractivity (Wildman–Crippen MR) is 140 cm³/mol. The van der Waals surface area contributed by atoms with E-state index in [1.54, 1.807) is 24.3 Å². The van der Waals surface area contributed by atoms with Gasteiger partial charge in [0.15, 0.2) is 0 Å². The van der Waals surface area contributed by atoms with E-state index in [1.165, 1.54) is 48.5 Å². The van der Waals surface area contributed by atoms with Gasteiger partial charge in [-0.3, -0.25) is 10.6 Å². The van der Waals surface area contributed by atoms with E-state index < -0.39 is 22.0 Å². The third kappa shape index (κ3) is 6.74. The molecule has 8 nitrogen and oxygen atoms in total. The summed E-state index contributed by atoms with van der Waals surface area (Å²) >= 11 is 0. The Kier molecular flexibility index (Phi) is 7.55. The van der Waals surface area contributed by atoms with Gasteiger partial charge >= 0.3 is 12.2 Å². The van der Waals surface area contributed by atoms with E-state index in [4.69, 9.17) is 9.47 Å². The summed E-state index contributed by atoms with van der Waals surface area (Å²) in [5.41, 5.74) is 3.27. The SMILES string of the molecule is Cc1ccc(NC(=O)Oc2ccc(S(=O)(=O)c3ccc(OC(=O)Nc4ccc(C)cc4)cc3)cc2)cc1. The Hall–Kier alpha value is -4.63. The molecule has 0 saturated carbocycles. The maximum absolute atomic E-state index is 13.0. The lowest BCUT2D eigenvalue weighted by Crippen LogP contribution is -2.16. The number of hydrogen-bond donors (Lipinski definition) is 2. The van der Waals surface area contributed by atoms with E-state index >= 15 is 0 Å². The normalized spacial score (nSPS) is 10.9. The Morgan fingerprint density at radius 3 is 1.19 bits per heavy atom. The minimum absolute atomic E-state index is 0.0181. The van der Waals surface area contributed by atoms with Crippen LogP contribution in [-0.4, -0.2) is 20.6 Å². The molecule has 4 aromatic rings. The topological polar surface area (TPSA) is 111 Å². The van der Waals surface area contributed by atoms with E-state index in [1.807, 2.05) is 38.1 Å². The standard InChI is InChI=1S/C28H24N2O6S/c1-19-3-7-21(8-4-19)29-27(31)35-23-11-15-25(16-12-23)37(33,34)26-17-13-24(14-18-26)36-28(32)30-22-9-5-20(2)6-10-22/h3-18H,1-2H3,(H,29,31)(H,30,32). The van der Waals surface area contributed by atoms with Crippen molar-refractivity contribution in [2.75, 3.05) is 10.6 Å². The van der Waals surface area contributed by atoms with Crippen molar-refractivity contribution >= 4 is 33.4 Å². The lowest BCUT2D eigenvalue weighted by Gasteiger charge is -2.09. The number of aryl methyl sites for hydroxylation is 2. The highest BCUT2D eigenvalue weighted by atomic mass is 32.2. The molecule has 4 aromatic carbocycles. The first-order valence-corrected chi connectivity index (χ1v) is 12.7. The molecule has 2 amide bonds. The molecular weight excluding hydrogens is 492 g/mol. The Balaban J connectivity index is 1.36. The summed E-state index contributed by atoms with van der Waals surface area (Å²) in [6.07, 6.45) is -1.39. The highest BCUT2D eigenvalue weighted by Crippen LogP contribution is 2.25. The molecule has 0 radical (unpaired) electrons.